The van der Waals surface area contributed by atoms with Crippen molar-refractivity contribution in [2.24, 2.45) is 23.5 Å². The molecule has 1 unspecified atom stereocenters. The minimum atomic E-state index is -1.27. The number of aromatic carboxylic acids is 1. The fraction of sp³-hybridized carbons (Fsp3) is 0.545. The Morgan fingerprint density at radius 3 is 2.76 bits per heavy atom. The zero-order chi connectivity index (χ0) is 20.2. The molecular formula is C22H24FN3O3. The summed E-state index contributed by atoms with van der Waals surface area (Å²) in [6, 6.07) is 1.51. The maximum Gasteiger partial charge on any atom is 0.341 e. The van der Waals surface area contributed by atoms with E-state index in [1.54, 1.807) is 0 Å². The molecule has 0 spiro atoms. The SMILES string of the molecule is Cc1c(N2C[C@H]3CC4C[C@]4(N)[C@H]3C2)c(F)cn2c(=O)c(C(=O)O)cc(C3CC3)c12. The van der Waals surface area contributed by atoms with E-state index in [4.69, 9.17) is 5.73 Å². The van der Waals surface area contributed by atoms with Crippen LogP contribution in [0.25, 0.3) is 5.52 Å². The van der Waals surface area contributed by atoms with Crippen molar-refractivity contribution >= 4 is 17.2 Å². The number of anilines is 1. The van der Waals surface area contributed by atoms with Crippen LogP contribution >= 0.6 is 0 Å². The van der Waals surface area contributed by atoms with Crippen molar-refractivity contribution in [1.82, 2.24) is 4.40 Å². The van der Waals surface area contributed by atoms with Gasteiger partial charge in [-0.05, 0) is 73.5 Å². The van der Waals surface area contributed by atoms with Crippen molar-refractivity contribution in [1.29, 1.82) is 0 Å². The van der Waals surface area contributed by atoms with Gasteiger partial charge in [0.25, 0.3) is 5.56 Å². The van der Waals surface area contributed by atoms with E-state index >= 15 is 4.39 Å². The first-order valence-corrected chi connectivity index (χ1v) is 10.4. The lowest BCUT2D eigenvalue weighted by Crippen LogP contribution is -2.35. The minimum absolute atomic E-state index is 0.0624. The lowest BCUT2D eigenvalue weighted by atomic mass is 9.92. The average Bonchev–Trinajstić information content (AvgIpc) is 3.53. The molecule has 1 aliphatic heterocycles. The smallest absolute Gasteiger partial charge is 0.341 e. The standard InChI is InChI=1S/C22H24FN3O3/c1-10-18-14(11-2-3-11)5-15(21(28)29)20(27)26(18)9-17(23)19(10)25-7-12-4-13-6-22(13,24)16(12)8-25/h5,9,11-13,16H,2-4,6-8,24H2,1H3,(H,28,29)/t12-,13?,16+,22-/m1/s1. The van der Waals surface area contributed by atoms with E-state index in [9.17, 15) is 14.7 Å². The number of hydrogen-bond donors (Lipinski definition) is 2. The van der Waals surface area contributed by atoms with Gasteiger partial charge in [0.15, 0.2) is 5.82 Å². The molecule has 0 bridgehead atoms. The largest absolute Gasteiger partial charge is 0.477 e. The first kappa shape index (κ1) is 17.4. The molecule has 0 amide bonds. The zero-order valence-corrected chi connectivity index (χ0v) is 16.3. The van der Waals surface area contributed by atoms with Gasteiger partial charge in [0, 0.05) is 18.6 Å². The van der Waals surface area contributed by atoms with Gasteiger partial charge < -0.3 is 15.7 Å². The van der Waals surface area contributed by atoms with Crippen LogP contribution in [0.15, 0.2) is 17.1 Å². The molecule has 4 aliphatic rings. The average molecular weight is 397 g/mol. The molecule has 2 aromatic heterocycles. The van der Waals surface area contributed by atoms with Crippen LogP contribution in [0.5, 0.6) is 0 Å². The summed E-state index contributed by atoms with van der Waals surface area (Å²) in [5, 5.41) is 9.44. The number of carboxylic acid groups (broad SMARTS) is 1. The molecule has 3 N–H and O–H groups in total. The Labute approximate surface area is 167 Å². The highest BCUT2D eigenvalue weighted by Gasteiger charge is 2.66. The second kappa shape index (κ2) is 5.39. The third kappa shape index (κ3) is 2.25. The molecule has 4 atom stereocenters. The lowest BCUT2D eigenvalue weighted by Gasteiger charge is -2.25. The number of nitrogens with zero attached hydrogens (tertiary/aromatic N) is 2. The van der Waals surface area contributed by atoms with Crippen LogP contribution in [0.3, 0.4) is 0 Å². The molecule has 29 heavy (non-hydrogen) atoms. The zero-order valence-electron chi connectivity index (χ0n) is 16.3. The van der Waals surface area contributed by atoms with Gasteiger partial charge in [0.05, 0.1) is 17.4 Å². The number of carbonyl (C=O) groups is 1. The van der Waals surface area contributed by atoms with Crippen LogP contribution in [0.2, 0.25) is 0 Å². The van der Waals surface area contributed by atoms with E-state index in [-0.39, 0.29) is 17.0 Å². The van der Waals surface area contributed by atoms with Crippen molar-refractivity contribution in [3.05, 3.63) is 45.1 Å². The Morgan fingerprint density at radius 1 is 1.34 bits per heavy atom. The van der Waals surface area contributed by atoms with Crippen LogP contribution in [0.1, 0.15) is 53.1 Å². The molecule has 2 aromatic rings. The fourth-order valence-electron chi connectivity index (χ4n) is 6.28. The van der Waals surface area contributed by atoms with Gasteiger partial charge in [0.1, 0.15) is 5.56 Å². The summed E-state index contributed by atoms with van der Waals surface area (Å²) in [6.07, 6.45) is 5.32. The Bertz CT molecular complexity index is 1150. The van der Waals surface area contributed by atoms with Crippen molar-refractivity contribution in [2.45, 2.75) is 44.1 Å². The third-order valence-electron chi connectivity index (χ3n) is 7.92. The normalized spacial score (nSPS) is 32.5. The summed E-state index contributed by atoms with van der Waals surface area (Å²) in [6.45, 7) is 3.40. The topological polar surface area (TPSA) is 88.0 Å². The number of nitrogens with two attached hydrogens (primary N) is 1. The van der Waals surface area contributed by atoms with E-state index in [0.29, 0.717) is 29.0 Å². The van der Waals surface area contributed by atoms with Gasteiger partial charge in [-0.3, -0.25) is 9.20 Å². The molecule has 7 heteroatoms. The number of fused-ring (bicyclic) bond motifs is 4. The Morgan fingerprint density at radius 2 is 2.10 bits per heavy atom. The van der Waals surface area contributed by atoms with Crippen molar-refractivity contribution < 1.29 is 14.3 Å². The third-order valence-corrected chi connectivity index (χ3v) is 7.92. The molecule has 4 fully saturated rings. The van der Waals surface area contributed by atoms with Crippen LogP contribution in [0, 0.1) is 30.5 Å². The van der Waals surface area contributed by atoms with E-state index in [1.807, 2.05) is 6.92 Å². The highest BCUT2D eigenvalue weighted by Crippen LogP contribution is 2.62. The van der Waals surface area contributed by atoms with Crippen LogP contribution in [0.4, 0.5) is 10.1 Å². The van der Waals surface area contributed by atoms with Crippen molar-refractivity contribution in [3.8, 4) is 0 Å². The predicted octanol–water partition coefficient (Wildman–Crippen LogP) is 2.50. The van der Waals surface area contributed by atoms with Gasteiger partial charge in [-0.15, -0.1) is 0 Å². The molecule has 3 saturated carbocycles. The first-order valence-electron chi connectivity index (χ1n) is 10.4. The Balaban J connectivity index is 1.52. The van der Waals surface area contributed by atoms with Crippen LogP contribution in [-0.4, -0.2) is 34.1 Å². The number of rotatable bonds is 3. The quantitative estimate of drug-likeness (QED) is 0.831. The van der Waals surface area contributed by atoms with Gasteiger partial charge in [-0.25, -0.2) is 9.18 Å². The summed E-state index contributed by atoms with van der Waals surface area (Å²) in [5.74, 6) is 0.0398. The molecule has 152 valence electrons. The molecule has 6 rings (SSSR count). The molecule has 6 nitrogen and oxygen atoms in total. The number of hydrogen-bond acceptors (Lipinski definition) is 4. The van der Waals surface area contributed by atoms with Crippen molar-refractivity contribution in [3.63, 3.8) is 0 Å². The van der Waals surface area contributed by atoms with E-state index < -0.39 is 17.3 Å². The van der Waals surface area contributed by atoms with Gasteiger partial charge in [-0.2, -0.15) is 0 Å². The molecule has 1 saturated heterocycles. The maximum atomic E-state index is 15.3. The molecule has 0 aromatic carbocycles. The summed E-state index contributed by atoms with van der Waals surface area (Å²) in [5.41, 5.74) is 8.31. The number of aryl methyl sites for hydroxylation is 1. The van der Waals surface area contributed by atoms with Crippen molar-refractivity contribution in [2.75, 3.05) is 18.0 Å². The number of carboxylic acids is 1. The summed E-state index contributed by atoms with van der Waals surface area (Å²) in [4.78, 5) is 26.4. The fourth-order valence-corrected chi connectivity index (χ4v) is 6.28. The van der Waals surface area contributed by atoms with E-state index in [0.717, 1.165) is 49.9 Å². The first-order chi connectivity index (χ1) is 13.8. The maximum absolute atomic E-state index is 15.3. The van der Waals surface area contributed by atoms with E-state index in [1.165, 1.54) is 16.7 Å². The second-order valence-corrected chi connectivity index (χ2v) is 9.59. The van der Waals surface area contributed by atoms with Crippen LogP contribution in [-0.2, 0) is 0 Å². The number of pyridine rings is 2. The number of halogens is 1. The van der Waals surface area contributed by atoms with Crippen LogP contribution < -0.4 is 16.2 Å². The molecular weight excluding hydrogens is 373 g/mol. The van der Waals surface area contributed by atoms with Gasteiger partial charge in [0.2, 0.25) is 0 Å². The monoisotopic (exact) mass is 397 g/mol. The Kier molecular flexibility index (Phi) is 3.24. The Hall–Kier alpha value is -2.41. The van der Waals surface area contributed by atoms with Gasteiger partial charge >= 0.3 is 5.97 Å². The predicted molar refractivity (Wildman–Crippen MR) is 106 cm³/mol. The molecule has 0 radical (unpaired) electrons. The highest BCUT2D eigenvalue weighted by molar-refractivity contribution is 5.89. The number of aromatic nitrogens is 1. The summed E-state index contributed by atoms with van der Waals surface area (Å²) in [7, 11) is 0. The summed E-state index contributed by atoms with van der Waals surface area (Å²) < 4.78 is 16.5. The lowest BCUT2D eigenvalue weighted by molar-refractivity contribution is 0.0694. The summed E-state index contributed by atoms with van der Waals surface area (Å²) >= 11 is 0. The highest BCUT2D eigenvalue weighted by atomic mass is 19.1. The molecule has 3 heterocycles. The second-order valence-electron chi connectivity index (χ2n) is 9.59. The minimum Gasteiger partial charge on any atom is -0.477 e. The molecule has 3 aliphatic carbocycles. The van der Waals surface area contributed by atoms with Gasteiger partial charge in [-0.1, -0.05) is 0 Å². The van der Waals surface area contributed by atoms with E-state index in [2.05, 4.69) is 4.90 Å².